The van der Waals surface area contributed by atoms with Crippen LogP contribution in [0.2, 0.25) is 0 Å². The van der Waals surface area contributed by atoms with Crippen LogP contribution in [0.1, 0.15) is 30.6 Å². The van der Waals surface area contributed by atoms with E-state index >= 15 is 0 Å². The number of hydrogen-bond donors (Lipinski definition) is 1. The Labute approximate surface area is 120 Å². The molecule has 104 valence electrons. The first-order valence-electron chi connectivity index (χ1n) is 7.18. The summed E-state index contributed by atoms with van der Waals surface area (Å²) in [5.74, 6) is 0. The Hall–Kier alpha value is -1.71. The van der Waals surface area contributed by atoms with Gasteiger partial charge in [0.1, 0.15) is 0 Å². The summed E-state index contributed by atoms with van der Waals surface area (Å²) in [6, 6.07) is 17.0. The molecule has 0 spiro atoms. The van der Waals surface area contributed by atoms with Gasteiger partial charge in [0.05, 0.1) is 17.8 Å². The van der Waals surface area contributed by atoms with Crippen molar-refractivity contribution in [3.05, 3.63) is 66.0 Å². The Bertz CT molecular complexity index is 490. The maximum absolute atomic E-state index is 5.66. The third-order valence-corrected chi connectivity index (χ3v) is 3.87. The third-order valence-electron chi connectivity index (χ3n) is 3.87. The number of benzene rings is 1. The smallest absolute Gasteiger partial charge is 0.0754 e. The number of nitrogens with one attached hydrogen (secondary N) is 1. The summed E-state index contributed by atoms with van der Waals surface area (Å²) >= 11 is 0. The van der Waals surface area contributed by atoms with Gasteiger partial charge in [0.15, 0.2) is 0 Å². The molecule has 20 heavy (non-hydrogen) atoms. The molecule has 3 nitrogen and oxygen atoms in total. The van der Waals surface area contributed by atoms with E-state index in [0.29, 0.717) is 6.04 Å². The number of pyridine rings is 1. The van der Waals surface area contributed by atoms with Crippen molar-refractivity contribution in [2.45, 2.75) is 31.5 Å². The Morgan fingerprint density at radius 3 is 2.60 bits per heavy atom. The fourth-order valence-corrected chi connectivity index (χ4v) is 2.71. The minimum atomic E-state index is 0.117. The Balaban J connectivity index is 1.88. The molecule has 0 amide bonds. The molecular weight excluding hydrogens is 248 g/mol. The van der Waals surface area contributed by atoms with E-state index in [4.69, 9.17) is 4.74 Å². The van der Waals surface area contributed by atoms with Crippen molar-refractivity contribution in [2.24, 2.45) is 0 Å². The SMILES string of the molecule is CC1OCCC1NC(c1ccccc1)c1ccccn1. The van der Waals surface area contributed by atoms with E-state index in [1.807, 2.05) is 24.4 Å². The molecule has 1 N–H and O–H groups in total. The van der Waals surface area contributed by atoms with Gasteiger partial charge in [0.25, 0.3) is 0 Å². The van der Waals surface area contributed by atoms with E-state index in [2.05, 4.69) is 47.6 Å². The molecule has 1 fully saturated rings. The van der Waals surface area contributed by atoms with E-state index in [1.54, 1.807) is 0 Å². The van der Waals surface area contributed by atoms with E-state index in [-0.39, 0.29) is 12.1 Å². The van der Waals surface area contributed by atoms with Gasteiger partial charge in [-0.1, -0.05) is 36.4 Å². The summed E-state index contributed by atoms with van der Waals surface area (Å²) in [4.78, 5) is 4.52. The van der Waals surface area contributed by atoms with Gasteiger partial charge in [-0.05, 0) is 31.0 Å². The largest absolute Gasteiger partial charge is 0.377 e. The standard InChI is InChI=1S/C17H20N2O/c1-13-15(10-12-20-13)19-17(14-7-3-2-4-8-14)16-9-5-6-11-18-16/h2-9,11,13,15,17,19H,10,12H2,1H3. The normalized spacial score (nSPS) is 23.6. The van der Waals surface area contributed by atoms with Crippen molar-refractivity contribution >= 4 is 0 Å². The average molecular weight is 268 g/mol. The molecule has 1 aromatic carbocycles. The summed E-state index contributed by atoms with van der Waals surface area (Å²) in [7, 11) is 0. The van der Waals surface area contributed by atoms with Crippen molar-refractivity contribution in [3.8, 4) is 0 Å². The van der Waals surface area contributed by atoms with Crippen LogP contribution in [0.25, 0.3) is 0 Å². The zero-order valence-electron chi connectivity index (χ0n) is 11.7. The number of hydrogen-bond acceptors (Lipinski definition) is 3. The summed E-state index contributed by atoms with van der Waals surface area (Å²) in [6.07, 6.45) is 3.16. The first kappa shape index (κ1) is 13.3. The highest BCUT2D eigenvalue weighted by atomic mass is 16.5. The molecule has 3 rings (SSSR count). The van der Waals surface area contributed by atoms with Crippen molar-refractivity contribution in [3.63, 3.8) is 0 Å². The summed E-state index contributed by atoms with van der Waals surface area (Å²) < 4.78 is 5.66. The number of aromatic nitrogens is 1. The van der Waals surface area contributed by atoms with Crippen LogP contribution in [-0.2, 0) is 4.74 Å². The fraction of sp³-hybridized carbons (Fsp3) is 0.353. The van der Waals surface area contributed by atoms with Gasteiger partial charge in [-0.25, -0.2) is 0 Å². The Kier molecular flexibility index (Phi) is 4.09. The molecule has 0 radical (unpaired) electrons. The highest BCUT2D eigenvalue weighted by Gasteiger charge is 2.28. The number of ether oxygens (including phenoxy) is 1. The molecule has 3 atom stereocenters. The van der Waals surface area contributed by atoms with Crippen molar-refractivity contribution < 1.29 is 4.74 Å². The minimum Gasteiger partial charge on any atom is -0.377 e. The third kappa shape index (κ3) is 2.89. The maximum Gasteiger partial charge on any atom is 0.0754 e. The fourth-order valence-electron chi connectivity index (χ4n) is 2.71. The summed E-state index contributed by atoms with van der Waals surface area (Å²) in [5.41, 5.74) is 2.29. The van der Waals surface area contributed by atoms with Gasteiger partial charge in [-0.2, -0.15) is 0 Å². The predicted molar refractivity (Wildman–Crippen MR) is 79.5 cm³/mol. The predicted octanol–water partition coefficient (Wildman–Crippen LogP) is 2.94. The van der Waals surface area contributed by atoms with Crippen LogP contribution < -0.4 is 5.32 Å². The zero-order chi connectivity index (χ0) is 13.8. The summed E-state index contributed by atoms with van der Waals surface area (Å²) in [6.45, 7) is 2.97. The lowest BCUT2D eigenvalue weighted by Gasteiger charge is -2.24. The van der Waals surface area contributed by atoms with Gasteiger partial charge in [-0.3, -0.25) is 10.3 Å². The van der Waals surface area contributed by atoms with Crippen LogP contribution in [0.15, 0.2) is 54.7 Å². The molecule has 0 aliphatic carbocycles. The first-order valence-corrected chi connectivity index (χ1v) is 7.18. The second kappa shape index (κ2) is 6.16. The van der Waals surface area contributed by atoms with Crippen molar-refractivity contribution in [2.75, 3.05) is 6.61 Å². The minimum absolute atomic E-state index is 0.117. The molecule has 0 bridgehead atoms. The van der Waals surface area contributed by atoms with Gasteiger partial charge in [0, 0.05) is 18.8 Å². The van der Waals surface area contributed by atoms with Gasteiger partial charge in [0.2, 0.25) is 0 Å². The van der Waals surface area contributed by atoms with Crippen LogP contribution in [-0.4, -0.2) is 23.7 Å². The van der Waals surface area contributed by atoms with Crippen molar-refractivity contribution in [1.29, 1.82) is 0 Å². The molecule has 1 saturated heterocycles. The molecule has 1 aliphatic rings. The highest BCUT2D eigenvalue weighted by molar-refractivity contribution is 5.27. The van der Waals surface area contributed by atoms with Crippen molar-refractivity contribution in [1.82, 2.24) is 10.3 Å². The Morgan fingerprint density at radius 2 is 1.95 bits per heavy atom. The van der Waals surface area contributed by atoms with E-state index in [9.17, 15) is 0 Å². The van der Waals surface area contributed by atoms with E-state index in [0.717, 1.165) is 18.7 Å². The first-order chi connectivity index (χ1) is 9.84. The lowest BCUT2D eigenvalue weighted by atomic mass is 10.0. The van der Waals surface area contributed by atoms with E-state index in [1.165, 1.54) is 5.56 Å². The lowest BCUT2D eigenvalue weighted by Crippen LogP contribution is -2.38. The topological polar surface area (TPSA) is 34.1 Å². The van der Waals surface area contributed by atoms with Crippen LogP contribution >= 0.6 is 0 Å². The second-order valence-electron chi connectivity index (χ2n) is 5.24. The van der Waals surface area contributed by atoms with Crippen LogP contribution in [0.3, 0.4) is 0 Å². The highest BCUT2D eigenvalue weighted by Crippen LogP contribution is 2.24. The maximum atomic E-state index is 5.66. The average Bonchev–Trinajstić information content (AvgIpc) is 2.92. The van der Waals surface area contributed by atoms with Gasteiger partial charge in [-0.15, -0.1) is 0 Å². The lowest BCUT2D eigenvalue weighted by molar-refractivity contribution is 0.111. The molecule has 2 aromatic rings. The molecule has 1 aromatic heterocycles. The monoisotopic (exact) mass is 268 g/mol. The molecule has 3 heteroatoms. The number of rotatable bonds is 4. The van der Waals surface area contributed by atoms with Gasteiger partial charge < -0.3 is 4.74 Å². The molecule has 2 heterocycles. The number of nitrogens with zero attached hydrogens (tertiary/aromatic N) is 1. The molecule has 1 aliphatic heterocycles. The molecule has 0 saturated carbocycles. The second-order valence-corrected chi connectivity index (χ2v) is 5.24. The van der Waals surface area contributed by atoms with Crippen LogP contribution in [0.4, 0.5) is 0 Å². The van der Waals surface area contributed by atoms with Crippen LogP contribution in [0.5, 0.6) is 0 Å². The summed E-state index contributed by atoms with van der Waals surface area (Å²) in [5, 5.41) is 3.71. The molecular formula is C17H20N2O. The van der Waals surface area contributed by atoms with Gasteiger partial charge >= 0.3 is 0 Å². The quantitative estimate of drug-likeness (QED) is 0.925. The Morgan fingerprint density at radius 1 is 1.15 bits per heavy atom. The molecule has 3 unspecified atom stereocenters. The zero-order valence-corrected chi connectivity index (χ0v) is 11.7. The van der Waals surface area contributed by atoms with Crippen LogP contribution in [0, 0.1) is 0 Å². The van der Waals surface area contributed by atoms with E-state index < -0.39 is 0 Å².